The second kappa shape index (κ2) is 9.72. The Hall–Kier alpha value is -0.280. The lowest BCUT2D eigenvalue weighted by atomic mass is 9.90. The Morgan fingerprint density at radius 2 is 1.76 bits per heavy atom. The van der Waals surface area contributed by atoms with E-state index in [-0.39, 0.29) is 30.3 Å². The molecule has 0 bridgehead atoms. The van der Waals surface area contributed by atoms with E-state index in [0.29, 0.717) is 0 Å². The zero-order valence-electron chi connectivity index (χ0n) is 10.9. The van der Waals surface area contributed by atoms with Crippen LogP contribution in [0, 0.1) is 5.92 Å². The number of halogens is 1. The molecule has 1 unspecified atom stereocenters. The summed E-state index contributed by atoms with van der Waals surface area (Å²) in [5.74, 6) is 0.510. The van der Waals surface area contributed by atoms with E-state index in [9.17, 15) is 4.79 Å². The molecule has 3 nitrogen and oxygen atoms in total. The maximum Gasteiger partial charge on any atom is 0.223 e. The second-order valence-electron chi connectivity index (χ2n) is 5.10. The minimum absolute atomic E-state index is 0. The van der Waals surface area contributed by atoms with E-state index >= 15 is 0 Å². The van der Waals surface area contributed by atoms with Crippen molar-refractivity contribution in [3.63, 3.8) is 0 Å². The summed E-state index contributed by atoms with van der Waals surface area (Å²) in [6.45, 7) is 2.70. The molecule has 0 aromatic heterocycles. The van der Waals surface area contributed by atoms with Crippen molar-refractivity contribution < 1.29 is 4.79 Å². The average molecular weight is 263 g/mol. The lowest BCUT2D eigenvalue weighted by molar-refractivity contribution is -0.125. The average Bonchev–Trinajstić information content (AvgIpc) is 2.15. The molecule has 4 heteroatoms. The Morgan fingerprint density at radius 1 is 1.24 bits per heavy atom. The topological polar surface area (TPSA) is 55.1 Å². The molecular weight excluding hydrogens is 236 g/mol. The van der Waals surface area contributed by atoms with Gasteiger partial charge in [-0.3, -0.25) is 4.79 Å². The molecule has 1 aliphatic carbocycles. The fourth-order valence-corrected chi connectivity index (χ4v) is 2.29. The van der Waals surface area contributed by atoms with Gasteiger partial charge >= 0.3 is 0 Å². The third-order valence-corrected chi connectivity index (χ3v) is 3.37. The molecule has 102 valence electrons. The number of carbonyl (C=O) groups excluding carboxylic acids is 1. The van der Waals surface area contributed by atoms with Gasteiger partial charge in [0.1, 0.15) is 0 Å². The number of hydrogen-bond donors (Lipinski definition) is 2. The lowest BCUT2D eigenvalue weighted by Gasteiger charge is -2.19. The van der Waals surface area contributed by atoms with Crippen LogP contribution in [0.4, 0.5) is 0 Å². The first-order valence-corrected chi connectivity index (χ1v) is 6.73. The van der Waals surface area contributed by atoms with E-state index in [2.05, 4.69) is 5.32 Å². The van der Waals surface area contributed by atoms with E-state index in [1.54, 1.807) is 0 Å². The van der Waals surface area contributed by atoms with Crippen LogP contribution < -0.4 is 11.1 Å². The van der Waals surface area contributed by atoms with Gasteiger partial charge in [0.05, 0.1) is 0 Å². The molecule has 17 heavy (non-hydrogen) atoms. The highest BCUT2D eigenvalue weighted by molar-refractivity contribution is 5.85. The molecule has 0 radical (unpaired) electrons. The highest BCUT2D eigenvalue weighted by Crippen LogP contribution is 2.22. The third kappa shape index (κ3) is 7.61. The molecule has 0 heterocycles. The number of carbonyl (C=O) groups is 1. The number of nitrogens with one attached hydrogen (secondary N) is 1. The first-order chi connectivity index (χ1) is 7.70. The highest BCUT2D eigenvalue weighted by atomic mass is 35.5. The first-order valence-electron chi connectivity index (χ1n) is 6.73. The molecule has 0 aliphatic heterocycles. The van der Waals surface area contributed by atoms with Gasteiger partial charge < -0.3 is 11.1 Å². The van der Waals surface area contributed by atoms with Crippen LogP contribution >= 0.6 is 12.4 Å². The molecule has 0 aromatic carbocycles. The Bertz CT molecular complexity index is 202. The summed E-state index contributed by atoms with van der Waals surface area (Å²) in [6, 6.07) is 0.178. The number of hydrogen-bond acceptors (Lipinski definition) is 2. The summed E-state index contributed by atoms with van der Waals surface area (Å²) >= 11 is 0. The molecule has 1 amide bonds. The zero-order valence-corrected chi connectivity index (χ0v) is 11.7. The Kier molecular flexibility index (Phi) is 9.56. The van der Waals surface area contributed by atoms with Crippen molar-refractivity contribution in [3.05, 3.63) is 0 Å². The molecule has 0 aromatic rings. The summed E-state index contributed by atoms with van der Waals surface area (Å²) in [5, 5.41) is 3.01. The maximum absolute atomic E-state index is 11.9. The summed E-state index contributed by atoms with van der Waals surface area (Å²) in [5.41, 5.74) is 5.65. The van der Waals surface area contributed by atoms with Crippen LogP contribution in [0.1, 0.15) is 58.3 Å². The maximum atomic E-state index is 11.9. The van der Waals surface area contributed by atoms with Crippen LogP contribution in [0.5, 0.6) is 0 Å². The van der Waals surface area contributed by atoms with E-state index in [4.69, 9.17) is 5.73 Å². The monoisotopic (exact) mass is 262 g/mol. The molecule has 1 aliphatic rings. The smallest absolute Gasteiger partial charge is 0.223 e. The van der Waals surface area contributed by atoms with Crippen molar-refractivity contribution in [3.8, 4) is 0 Å². The van der Waals surface area contributed by atoms with Gasteiger partial charge in [-0.1, -0.05) is 32.1 Å². The largest absolute Gasteiger partial charge is 0.356 e. The van der Waals surface area contributed by atoms with Crippen molar-refractivity contribution in [2.75, 3.05) is 6.54 Å². The van der Waals surface area contributed by atoms with Crippen molar-refractivity contribution in [1.82, 2.24) is 5.32 Å². The lowest BCUT2D eigenvalue weighted by Crippen LogP contribution is -2.34. The molecule has 1 atom stereocenters. The van der Waals surface area contributed by atoms with Gasteiger partial charge in [-0.25, -0.2) is 0 Å². The van der Waals surface area contributed by atoms with Gasteiger partial charge in [0.25, 0.3) is 0 Å². The summed E-state index contributed by atoms with van der Waals surface area (Å²) in [6.07, 6.45) is 9.38. The van der Waals surface area contributed by atoms with Gasteiger partial charge in [-0.2, -0.15) is 0 Å². The number of rotatable bonds is 4. The minimum atomic E-state index is 0. The van der Waals surface area contributed by atoms with E-state index in [1.807, 2.05) is 6.92 Å². The van der Waals surface area contributed by atoms with Gasteiger partial charge in [0.2, 0.25) is 5.91 Å². The minimum Gasteiger partial charge on any atom is -0.356 e. The highest BCUT2D eigenvalue weighted by Gasteiger charge is 2.18. The van der Waals surface area contributed by atoms with Crippen molar-refractivity contribution >= 4 is 18.3 Å². The van der Waals surface area contributed by atoms with Crippen molar-refractivity contribution in [1.29, 1.82) is 0 Å². The second-order valence-corrected chi connectivity index (χ2v) is 5.10. The molecule has 3 N–H and O–H groups in total. The molecule has 1 fully saturated rings. The molecule has 1 saturated carbocycles. The predicted molar refractivity (Wildman–Crippen MR) is 74.3 cm³/mol. The Balaban J connectivity index is 0.00000256. The van der Waals surface area contributed by atoms with E-state index in [0.717, 1.165) is 25.8 Å². The quantitative estimate of drug-likeness (QED) is 0.818. The molecule has 0 saturated heterocycles. The number of nitrogens with two attached hydrogens (primary N) is 1. The third-order valence-electron chi connectivity index (χ3n) is 3.37. The van der Waals surface area contributed by atoms with E-state index < -0.39 is 0 Å². The van der Waals surface area contributed by atoms with Crippen molar-refractivity contribution in [2.24, 2.45) is 11.7 Å². The fraction of sp³-hybridized carbons (Fsp3) is 0.923. The van der Waals surface area contributed by atoms with E-state index in [1.165, 1.54) is 32.1 Å². The van der Waals surface area contributed by atoms with Crippen LogP contribution in [0.15, 0.2) is 0 Å². The SMILES string of the molecule is CC(N)CCNC(=O)C1CCCCCCC1.Cl. The normalized spacial score (nSPS) is 19.6. The van der Waals surface area contributed by atoms with Gasteiger partial charge in [0.15, 0.2) is 0 Å². The Labute approximate surface area is 111 Å². The fourth-order valence-electron chi connectivity index (χ4n) is 2.29. The van der Waals surface area contributed by atoms with Crippen LogP contribution in [0.3, 0.4) is 0 Å². The van der Waals surface area contributed by atoms with Crippen LogP contribution in [0.2, 0.25) is 0 Å². The standard InChI is InChI=1S/C13H26N2O.ClH/c1-11(14)9-10-15-13(16)12-7-5-3-2-4-6-8-12;/h11-12H,2-10,14H2,1H3,(H,15,16);1H. The summed E-state index contributed by atoms with van der Waals surface area (Å²) in [7, 11) is 0. The van der Waals surface area contributed by atoms with Gasteiger partial charge in [-0.05, 0) is 26.2 Å². The van der Waals surface area contributed by atoms with Crippen molar-refractivity contribution in [2.45, 2.75) is 64.3 Å². The van der Waals surface area contributed by atoms with Gasteiger partial charge in [0, 0.05) is 18.5 Å². The Morgan fingerprint density at radius 3 is 2.29 bits per heavy atom. The molecular formula is C13H27ClN2O. The van der Waals surface area contributed by atoms with Crippen LogP contribution in [-0.4, -0.2) is 18.5 Å². The number of amides is 1. The predicted octanol–water partition coefficient (Wildman–Crippen LogP) is 2.62. The first kappa shape index (κ1) is 16.7. The van der Waals surface area contributed by atoms with Crippen LogP contribution in [-0.2, 0) is 4.79 Å². The summed E-state index contributed by atoms with van der Waals surface area (Å²) in [4.78, 5) is 11.9. The van der Waals surface area contributed by atoms with Crippen LogP contribution in [0.25, 0.3) is 0 Å². The molecule has 1 rings (SSSR count). The zero-order chi connectivity index (χ0) is 11.8. The summed E-state index contributed by atoms with van der Waals surface area (Å²) < 4.78 is 0. The van der Waals surface area contributed by atoms with Gasteiger partial charge in [-0.15, -0.1) is 12.4 Å². The molecule has 0 spiro atoms.